The first-order valence-corrected chi connectivity index (χ1v) is 6.96. The van der Waals surface area contributed by atoms with Gasteiger partial charge in [0.2, 0.25) is 0 Å². The van der Waals surface area contributed by atoms with Gasteiger partial charge in [0.25, 0.3) is 5.91 Å². The zero-order valence-electron chi connectivity index (χ0n) is 12.0. The summed E-state index contributed by atoms with van der Waals surface area (Å²) in [6.45, 7) is 4.92. The van der Waals surface area contributed by atoms with Crippen LogP contribution < -0.4 is 4.74 Å². The van der Waals surface area contributed by atoms with Gasteiger partial charge in [-0.05, 0) is 38.1 Å². The van der Waals surface area contributed by atoms with E-state index in [0.29, 0.717) is 29.4 Å². The molecule has 0 saturated carbocycles. The van der Waals surface area contributed by atoms with Crippen molar-refractivity contribution in [3.05, 3.63) is 34.9 Å². The molecular formula is C15H18ClNO4. The normalized spacial score (nSPS) is 10.6. The number of likely N-dealkylation sites (N-methyl/N-ethyl adjacent to an activating group) is 1. The fourth-order valence-electron chi connectivity index (χ4n) is 1.75. The molecule has 0 saturated heterocycles. The average Bonchev–Trinajstić information content (AvgIpc) is 2.45. The average molecular weight is 312 g/mol. The highest BCUT2D eigenvalue weighted by Gasteiger charge is 2.11. The summed E-state index contributed by atoms with van der Waals surface area (Å²) in [5.41, 5.74) is 0.511. The molecular weight excluding hydrogens is 294 g/mol. The first kappa shape index (κ1) is 17.0. The van der Waals surface area contributed by atoms with Crippen molar-refractivity contribution in [2.45, 2.75) is 13.8 Å². The molecule has 0 aliphatic carbocycles. The Morgan fingerprint density at radius 1 is 1.33 bits per heavy atom. The standard InChI is InChI=1S/C15H18ClNO4/c1-3-17(4-2)14(18)10-21-13-7-6-12(16)9-11(13)5-8-15(19)20/h5-9H,3-4,10H2,1-2H3,(H,19,20)/b8-5+. The molecule has 1 aromatic rings. The third-order valence-electron chi connectivity index (χ3n) is 2.84. The third kappa shape index (κ3) is 5.47. The van der Waals surface area contributed by atoms with Crippen LogP contribution in [0.1, 0.15) is 19.4 Å². The van der Waals surface area contributed by atoms with Crippen molar-refractivity contribution < 1.29 is 19.4 Å². The van der Waals surface area contributed by atoms with Gasteiger partial charge in [-0.15, -0.1) is 0 Å². The van der Waals surface area contributed by atoms with Gasteiger partial charge in [-0.25, -0.2) is 4.79 Å². The second-order valence-electron chi connectivity index (χ2n) is 4.21. The van der Waals surface area contributed by atoms with Crippen LogP contribution in [0.2, 0.25) is 5.02 Å². The third-order valence-corrected chi connectivity index (χ3v) is 3.08. The fourth-order valence-corrected chi connectivity index (χ4v) is 1.93. The van der Waals surface area contributed by atoms with Crippen molar-refractivity contribution in [3.8, 4) is 5.75 Å². The summed E-state index contributed by atoms with van der Waals surface area (Å²) in [5, 5.41) is 9.13. The molecule has 0 aliphatic heterocycles. The molecule has 1 amide bonds. The van der Waals surface area contributed by atoms with Crippen LogP contribution in [0.25, 0.3) is 6.08 Å². The first-order chi connectivity index (χ1) is 9.97. The van der Waals surface area contributed by atoms with E-state index >= 15 is 0 Å². The highest BCUT2D eigenvalue weighted by Crippen LogP contribution is 2.24. The van der Waals surface area contributed by atoms with Crippen LogP contribution in [0.4, 0.5) is 0 Å². The number of hydrogen-bond donors (Lipinski definition) is 1. The quantitative estimate of drug-likeness (QED) is 0.786. The van der Waals surface area contributed by atoms with Gasteiger partial charge in [-0.2, -0.15) is 0 Å². The lowest BCUT2D eigenvalue weighted by Gasteiger charge is -2.19. The molecule has 0 spiro atoms. The molecule has 0 bridgehead atoms. The molecule has 0 aliphatic rings. The summed E-state index contributed by atoms with van der Waals surface area (Å²) >= 11 is 5.88. The lowest BCUT2D eigenvalue weighted by molar-refractivity contribution is -0.133. The minimum atomic E-state index is -1.07. The van der Waals surface area contributed by atoms with Crippen LogP contribution in [0.3, 0.4) is 0 Å². The zero-order valence-corrected chi connectivity index (χ0v) is 12.8. The van der Waals surface area contributed by atoms with E-state index in [4.69, 9.17) is 21.4 Å². The van der Waals surface area contributed by atoms with Gasteiger partial charge in [-0.1, -0.05) is 11.6 Å². The number of aliphatic carboxylic acids is 1. The van der Waals surface area contributed by atoms with Crippen LogP contribution in [0.5, 0.6) is 5.75 Å². The summed E-state index contributed by atoms with van der Waals surface area (Å²) in [6.07, 6.45) is 2.37. The van der Waals surface area contributed by atoms with E-state index in [0.717, 1.165) is 6.08 Å². The van der Waals surface area contributed by atoms with E-state index in [1.807, 2.05) is 13.8 Å². The number of halogens is 1. The van der Waals surface area contributed by atoms with Crippen LogP contribution in [-0.2, 0) is 9.59 Å². The van der Waals surface area contributed by atoms with Crippen LogP contribution in [-0.4, -0.2) is 41.6 Å². The highest BCUT2D eigenvalue weighted by atomic mass is 35.5. The van der Waals surface area contributed by atoms with Crippen molar-refractivity contribution in [2.24, 2.45) is 0 Å². The van der Waals surface area contributed by atoms with Crippen molar-refractivity contribution >= 4 is 29.6 Å². The van der Waals surface area contributed by atoms with Crippen molar-refractivity contribution in [1.82, 2.24) is 4.90 Å². The van der Waals surface area contributed by atoms with Gasteiger partial charge < -0.3 is 14.7 Å². The van der Waals surface area contributed by atoms with Gasteiger partial charge in [0, 0.05) is 29.8 Å². The Balaban J connectivity index is 2.83. The molecule has 0 atom stereocenters. The number of benzene rings is 1. The van der Waals surface area contributed by atoms with Gasteiger partial charge in [-0.3, -0.25) is 4.79 Å². The molecule has 5 nitrogen and oxygen atoms in total. The van der Waals surface area contributed by atoms with Gasteiger partial charge in [0.1, 0.15) is 5.75 Å². The number of hydrogen-bond acceptors (Lipinski definition) is 3. The zero-order chi connectivity index (χ0) is 15.8. The number of carbonyl (C=O) groups is 2. The van der Waals surface area contributed by atoms with Crippen molar-refractivity contribution in [1.29, 1.82) is 0 Å². The molecule has 0 radical (unpaired) electrons. The summed E-state index contributed by atoms with van der Waals surface area (Å²) in [7, 11) is 0. The number of ether oxygens (including phenoxy) is 1. The summed E-state index contributed by atoms with van der Waals surface area (Å²) in [4.78, 5) is 24.1. The van der Waals surface area contributed by atoms with Crippen LogP contribution >= 0.6 is 11.6 Å². The van der Waals surface area contributed by atoms with Gasteiger partial charge in [0.15, 0.2) is 6.61 Å². The smallest absolute Gasteiger partial charge is 0.328 e. The van der Waals surface area contributed by atoms with E-state index < -0.39 is 5.97 Å². The maximum absolute atomic E-state index is 11.9. The monoisotopic (exact) mass is 311 g/mol. The summed E-state index contributed by atoms with van der Waals surface area (Å²) < 4.78 is 5.48. The number of nitrogens with zero attached hydrogens (tertiary/aromatic N) is 1. The number of carbonyl (C=O) groups excluding carboxylic acids is 1. The SMILES string of the molecule is CCN(CC)C(=O)COc1ccc(Cl)cc1/C=C/C(=O)O. The molecule has 114 valence electrons. The first-order valence-electron chi connectivity index (χ1n) is 6.59. The fraction of sp³-hybridized carbons (Fsp3) is 0.333. The highest BCUT2D eigenvalue weighted by molar-refractivity contribution is 6.30. The molecule has 1 rings (SSSR count). The molecule has 21 heavy (non-hydrogen) atoms. The summed E-state index contributed by atoms with van der Waals surface area (Å²) in [5.74, 6) is -0.777. The Morgan fingerprint density at radius 3 is 2.57 bits per heavy atom. The predicted molar refractivity (Wildman–Crippen MR) is 81.5 cm³/mol. The van der Waals surface area contributed by atoms with E-state index in [9.17, 15) is 9.59 Å². The minimum absolute atomic E-state index is 0.1000. The molecule has 1 aromatic carbocycles. The lowest BCUT2D eigenvalue weighted by Crippen LogP contribution is -2.34. The second kappa shape index (κ2) is 8.32. The minimum Gasteiger partial charge on any atom is -0.483 e. The Morgan fingerprint density at radius 2 is 2.00 bits per heavy atom. The maximum atomic E-state index is 11.9. The molecule has 0 aromatic heterocycles. The Labute approximate surface area is 128 Å². The number of carboxylic acid groups (broad SMARTS) is 1. The molecule has 1 N–H and O–H groups in total. The van der Waals surface area contributed by atoms with Crippen LogP contribution in [0, 0.1) is 0 Å². The van der Waals surface area contributed by atoms with E-state index in [1.165, 1.54) is 6.08 Å². The Hall–Kier alpha value is -2.01. The van der Waals surface area contributed by atoms with Crippen LogP contribution in [0.15, 0.2) is 24.3 Å². The number of rotatable bonds is 7. The molecule has 6 heteroatoms. The van der Waals surface area contributed by atoms with E-state index in [2.05, 4.69) is 0 Å². The largest absolute Gasteiger partial charge is 0.483 e. The van der Waals surface area contributed by atoms with Crippen molar-refractivity contribution in [3.63, 3.8) is 0 Å². The summed E-state index contributed by atoms with van der Waals surface area (Å²) in [6, 6.07) is 4.81. The topological polar surface area (TPSA) is 66.8 Å². The second-order valence-corrected chi connectivity index (χ2v) is 4.64. The number of amides is 1. The molecule has 0 unspecified atom stereocenters. The van der Waals surface area contributed by atoms with Crippen molar-refractivity contribution in [2.75, 3.05) is 19.7 Å². The van der Waals surface area contributed by atoms with E-state index in [-0.39, 0.29) is 12.5 Å². The Bertz CT molecular complexity index is 538. The van der Waals surface area contributed by atoms with Gasteiger partial charge >= 0.3 is 5.97 Å². The van der Waals surface area contributed by atoms with Gasteiger partial charge in [0.05, 0.1) is 0 Å². The van der Waals surface area contributed by atoms with E-state index in [1.54, 1.807) is 23.1 Å². The Kier molecular flexibility index (Phi) is 6.75. The lowest BCUT2D eigenvalue weighted by atomic mass is 10.2. The number of carboxylic acids is 1. The molecule has 0 heterocycles. The molecule has 0 fully saturated rings. The maximum Gasteiger partial charge on any atom is 0.328 e. The predicted octanol–water partition coefficient (Wildman–Crippen LogP) is 2.69.